The molecule has 0 bridgehead atoms. The van der Waals surface area contributed by atoms with E-state index in [1.807, 2.05) is 0 Å². The maximum absolute atomic E-state index is 13.6. The van der Waals surface area contributed by atoms with E-state index < -0.39 is 11.7 Å². The first-order chi connectivity index (χ1) is 11.6. The molecular formula is C16H16FN3O3S. The van der Waals surface area contributed by atoms with Gasteiger partial charge < -0.3 is 9.64 Å². The van der Waals surface area contributed by atoms with Gasteiger partial charge >= 0.3 is 6.09 Å². The Morgan fingerprint density at radius 3 is 2.96 bits per heavy atom. The van der Waals surface area contributed by atoms with E-state index in [1.165, 1.54) is 29.5 Å². The molecule has 2 aromatic rings. The Labute approximate surface area is 142 Å². The molecule has 1 aromatic carbocycles. The van der Waals surface area contributed by atoms with Gasteiger partial charge in [0.2, 0.25) is 0 Å². The summed E-state index contributed by atoms with van der Waals surface area (Å²) in [6, 6.07) is 5.78. The van der Waals surface area contributed by atoms with Gasteiger partial charge in [0.25, 0.3) is 5.91 Å². The number of fused-ring (bicyclic) bond motifs is 1. The molecule has 0 atom stereocenters. The van der Waals surface area contributed by atoms with Gasteiger partial charge in [-0.1, -0.05) is 23.5 Å². The second kappa shape index (κ2) is 6.96. The third kappa shape index (κ3) is 3.38. The van der Waals surface area contributed by atoms with Crippen LogP contribution >= 0.6 is 11.3 Å². The molecule has 0 unspecified atom stereocenters. The highest BCUT2D eigenvalue weighted by Gasteiger charge is 2.25. The topological polar surface area (TPSA) is 71.5 Å². The van der Waals surface area contributed by atoms with Crippen LogP contribution in [0.5, 0.6) is 0 Å². The van der Waals surface area contributed by atoms with Crippen molar-refractivity contribution >= 4 is 28.5 Å². The monoisotopic (exact) mass is 349 g/mol. The van der Waals surface area contributed by atoms with Crippen molar-refractivity contribution in [3.05, 3.63) is 46.2 Å². The molecule has 0 saturated heterocycles. The summed E-state index contributed by atoms with van der Waals surface area (Å²) in [4.78, 5) is 30.8. The quantitative estimate of drug-likeness (QED) is 0.924. The standard InChI is InChI=1S/C16H16FN3O3S/c1-2-23-16(22)20-8-7-12-13(9-20)24-15(18-12)19-14(21)10-5-3-4-6-11(10)17/h3-6H,2,7-9H2,1H3,(H,18,19,21). The highest BCUT2D eigenvalue weighted by Crippen LogP contribution is 2.29. The molecule has 0 radical (unpaired) electrons. The van der Waals surface area contributed by atoms with Crippen LogP contribution in [-0.4, -0.2) is 35.0 Å². The molecule has 0 fully saturated rings. The summed E-state index contributed by atoms with van der Waals surface area (Å²) in [5, 5.41) is 3.02. The summed E-state index contributed by atoms with van der Waals surface area (Å²) < 4.78 is 18.6. The first-order valence-corrected chi connectivity index (χ1v) is 8.36. The predicted octanol–water partition coefficient (Wildman–Crippen LogP) is 3.05. The number of benzene rings is 1. The Kier molecular flexibility index (Phi) is 4.75. The molecule has 8 heteroatoms. The first-order valence-electron chi connectivity index (χ1n) is 7.54. The van der Waals surface area contributed by atoms with Crippen LogP contribution in [0, 0.1) is 5.82 Å². The van der Waals surface area contributed by atoms with E-state index in [4.69, 9.17) is 4.74 Å². The van der Waals surface area contributed by atoms with Gasteiger partial charge in [-0.2, -0.15) is 0 Å². The lowest BCUT2D eigenvalue weighted by molar-refractivity contribution is 0.101. The summed E-state index contributed by atoms with van der Waals surface area (Å²) in [7, 11) is 0. The summed E-state index contributed by atoms with van der Waals surface area (Å²) >= 11 is 1.29. The fourth-order valence-electron chi connectivity index (χ4n) is 2.43. The third-order valence-electron chi connectivity index (χ3n) is 3.60. The molecule has 6 nitrogen and oxygen atoms in total. The Bertz CT molecular complexity index is 778. The van der Waals surface area contributed by atoms with Gasteiger partial charge in [-0.3, -0.25) is 10.1 Å². The minimum Gasteiger partial charge on any atom is -0.450 e. The molecule has 1 aromatic heterocycles. The molecule has 3 rings (SSSR count). The Morgan fingerprint density at radius 1 is 1.42 bits per heavy atom. The van der Waals surface area contributed by atoms with Gasteiger partial charge in [0.05, 0.1) is 24.4 Å². The van der Waals surface area contributed by atoms with E-state index in [1.54, 1.807) is 17.9 Å². The first kappa shape index (κ1) is 16.4. The summed E-state index contributed by atoms with van der Waals surface area (Å²) in [6.07, 6.45) is 0.244. The smallest absolute Gasteiger partial charge is 0.410 e. The molecule has 1 N–H and O–H groups in total. The van der Waals surface area contributed by atoms with E-state index in [0.717, 1.165) is 10.6 Å². The zero-order valence-corrected chi connectivity index (χ0v) is 13.9. The van der Waals surface area contributed by atoms with Crippen molar-refractivity contribution in [1.29, 1.82) is 0 Å². The highest BCUT2D eigenvalue weighted by molar-refractivity contribution is 7.15. The zero-order valence-electron chi connectivity index (χ0n) is 13.0. The van der Waals surface area contributed by atoms with Gasteiger partial charge in [0.15, 0.2) is 5.13 Å². The minimum absolute atomic E-state index is 0.0289. The van der Waals surface area contributed by atoms with Crippen molar-refractivity contribution in [2.75, 3.05) is 18.5 Å². The maximum atomic E-state index is 13.6. The zero-order chi connectivity index (χ0) is 17.1. The number of aromatic nitrogens is 1. The number of ether oxygens (including phenoxy) is 1. The largest absolute Gasteiger partial charge is 0.450 e. The van der Waals surface area contributed by atoms with Gasteiger partial charge in [-0.25, -0.2) is 14.2 Å². The van der Waals surface area contributed by atoms with E-state index in [9.17, 15) is 14.0 Å². The summed E-state index contributed by atoms with van der Waals surface area (Å²) in [6.45, 7) is 3.02. The minimum atomic E-state index is -0.579. The molecule has 24 heavy (non-hydrogen) atoms. The van der Waals surface area contributed by atoms with E-state index >= 15 is 0 Å². The summed E-state index contributed by atoms with van der Waals surface area (Å²) in [5.74, 6) is -1.12. The lowest BCUT2D eigenvalue weighted by Gasteiger charge is -2.24. The fraction of sp³-hybridized carbons (Fsp3) is 0.312. The van der Waals surface area contributed by atoms with Crippen LogP contribution < -0.4 is 5.32 Å². The summed E-state index contributed by atoms with van der Waals surface area (Å²) in [5.41, 5.74) is 0.822. The molecule has 1 aliphatic heterocycles. The second-order valence-electron chi connectivity index (χ2n) is 5.19. The number of hydrogen-bond donors (Lipinski definition) is 1. The molecule has 126 valence electrons. The molecule has 2 heterocycles. The van der Waals surface area contributed by atoms with Crippen LogP contribution in [0.25, 0.3) is 0 Å². The molecule has 0 saturated carbocycles. The van der Waals surface area contributed by atoms with Crippen LogP contribution in [-0.2, 0) is 17.7 Å². The fourth-order valence-corrected chi connectivity index (χ4v) is 3.45. The SMILES string of the molecule is CCOC(=O)N1CCc2nc(NC(=O)c3ccccc3F)sc2C1. The van der Waals surface area contributed by atoms with Crippen molar-refractivity contribution < 1.29 is 18.7 Å². The lowest BCUT2D eigenvalue weighted by Crippen LogP contribution is -2.35. The van der Waals surface area contributed by atoms with E-state index in [-0.39, 0.29) is 11.7 Å². The number of nitrogens with one attached hydrogen (secondary N) is 1. The third-order valence-corrected chi connectivity index (χ3v) is 4.59. The van der Waals surface area contributed by atoms with Gasteiger partial charge in [-0.15, -0.1) is 0 Å². The number of nitrogens with zero attached hydrogens (tertiary/aromatic N) is 2. The second-order valence-corrected chi connectivity index (χ2v) is 6.28. The molecule has 1 aliphatic rings. The predicted molar refractivity (Wildman–Crippen MR) is 87.6 cm³/mol. The molecule has 0 spiro atoms. The van der Waals surface area contributed by atoms with Crippen molar-refractivity contribution in [2.24, 2.45) is 0 Å². The number of anilines is 1. The van der Waals surface area contributed by atoms with Crippen molar-refractivity contribution in [2.45, 2.75) is 19.9 Å². The number of thiazole rings is 1. The van der Waals surface area contributed by atoms with Crippen LogP contribution in [0.15, 0.2) is 24.3 Å². The average Bonchev–Trinajstić information content (AvgIpc) is 2.96. The molecular weight excluding hydrogens is 333 g/mol. The molecule has 0 aliphatic carbocycles. The number of hydrogen-bond acceptors (Lipinski definition) is 5. The van der Waals surface area contributed by atoms with Crippen molar-refractivity contribution in [3.8, 4) is 0 Å². The Hall–Kier alpha value is -2.48. The van der Waals surface area contributed by atoms with E-state index in [2.05, 4.69) is 10.3 Å². The van der Waals surface area contributed by atoms with E-state index in [0.29, 0.717) is 31.2 Å². The Balaban J connectivity index is 1.71. The van der Waals surface area contributed by atoms with Gasteiger partial charge in [-0.05, 0) is 19.1 Å². The number of rotatable bonds is 3. The maximum Gasteiger partial charge on any atom is 0.410 e. The highest BCUT2D eigenvalue weighted by atomic mass is 32.1. The number of carbonyl (C=O) groups is 2. The normalized spacial score (nSPS) is 13.3. The van der Waals surface area contributed by atoms with Crippen molar-refractivity contribution in [1.82, 2.24) is 9.88 Å². The van der Waals surface area contributed by atoms with Gasteiger partial charge in [0, 0.05) is 17.8 Å². The van der Waals surface area contributed by atoms with Crippen molar-refractivity contribution in [3.63, 3.8) is 0 Å². The number of amides is 2. The van der Waals surface area contributed by atoms with Crippen LogP contribution in [0.2, 0.25) is 0 Å². The van der Waals surface area contributed by atoms with Crippen LogP contribution in [0.1, 0.15) is 27.9 Å². The van der Waals surface area contributed by atoms with Crippen LogP contribution in [0.4, 0.5) is 14.3 Å². The van der Waals surface area contributed by atoms with Gasteiger partial charge in [0.1, 0.15) is 5.82 Å². The lowest BCUT2D eigenvalue weighted by atomic mass is 10.2. The molecule has 2 amide bonds. The number of carbonyl (C=O) groups excluding carboxylic acids is 2. The number of halogens is 1. The average molecular weight is 349 g/mol. The van der Waals surface area contributed by atoms with Crippen LogP contribution in [0.3, 0.4) is 0 Å². The Morgan fingerprint density at radius 2 is 2.21 bits per heavy atom.